The SMILES string of the molecule is Cc1ccc(OC2CC3(CCCN(C(=O)OC(C)(C)C)C3)C2)cc1CNC(=O)C(CCc1ccccc1)NC(=O)[C@H](CC(=O)OC(C)(C)C)NC(=O)OCc1ccccc1. The average Bonchev–Trinajstić information content (AvgIpc) is 3.17. The Morgan fingerprint density at radius 2 is 1.45 bits per heavy atom. The summed E-state index contributed by atoms with van der Waals surface area (Å²) in [5, 5.41) is 8.31. The molecule has 324 valence electrons. The molecule has 5 rings (SSSR count). The highest BCUT2D eigenvalue weighted by Crippen LogP contribution is 2.49. The molecule has 1 spiro atoms. The van der Waals surface area contributed by atoms with Gasteiger partial charge in [-0.15, -0.1) is 0 Å². The lowest BCUT2D eigenvalue weighted by molar-refractivity contribution is -0.156. The molecule has 60 heavy (non-hydrogen) atoms. The maximum atomic E-state index is 13.9. The quantitative estimate of drug-likeness (QED) is 0.105. The Hall–Kier alpha value is -5.59. The summed E-state index contributed by atoms with van der Waals surface area (Å²) < 4.78 is 22.9. The first-order valence-electron chi connectivity index (χ1n) is 20.9. The van der Waals surface area contributed by atoms with Crippen LogP contribution in [0.15, 0.2) is 78.9 Å². The first-order valence-corrected chi connectivity index (χ1v) is 20.9. The van der Waals surface area contributed by atoms with E-state index in [1.807, 2.05) is 99.3 Å². The number of carbonyl (C=O) groups excluding carboxylic acids is 5. The number of aryl methyl sites for hydroxylation is 2. The molecule has 0 radical (unpaired) electrons. The van der Waals surface area contributed by atoms with E-state index in [4.69, 9.17) is 18.9 Å². The predicted molar refractivity (Wildman–Crippen MR) is 227 cm³/mol. The Morgan fingerprint density at radius 3 is 2.10 bits per heavy atom. The van der Waals surface area contributed by atoms with Crippen molar-refractivity contribution in [3.05, 3.63) is 101 Å². The lowest BCUT2D eigenvalue weighted by Crippen LogP contribution is -2.55. The minimum atomic E-state index is -1.38. The second-order valence-corrected chi connectivity index (χ2v) is 18.1. The molecule has 2 fully saturated rings. The van der Waals surface area contributed by atoms with Crippen molar-refractivity contribution in [2.45, 2.75) is 136 Å². The van der Waals surface area contributed by atoms with Crippen molar-refractivity contribution < 1.29 is 42.9 Å². The van der Waals surface area contributed by atoms with E-state index in [1.165, 1.54) is 0 Å². The van der Waals surface area contributed by atoms with Gasteiger partial charge in [-0.2, -0.15) is 0 Å². The normalized spacial score (nSPS) is 18.6. The second-order valence-electron chi connectivity index (χ2n) is 18.1. The number of ether oxygens (including phenoxy) is 4. The lowest BCUT2D eigenvalue weighted by atomic mass is 9.62. The van der Waals surface area contributed by atoms with Crippen LogP contribution in [0, 0.1) is 12.3 Å². The topological polar surface area (TPSA) is 162 Å². The number of nitrogens with zero attached hydrogens (tertiary/aromatic N) is 1. The third-order valence-electron chi connectivity index (χ3n) is 10.5. The number of piperidine rings is 1. The minimum Gasteiger partial charge on any atom is -0.490 e. The zero-order valence-electron chi connectivity index (χ0n) is 36.1. The van der Waals surface area contributed by atoms with Crippen molar-refractivity contribution in [2.75, 3.05) is 13.1 Å². The van der Waals surface area contributed by atoms with Gasteiger partial charge in [0.15, 0.2) is 0 Å². The molecule has 1 heterocycles. The van der Waals surface area contributed by atoms with Crippen LogP contribution in [-0.2, 0) is 48.2 Å². The number of benzene rings is 3. The Morgan fingerprint density at radius 1 is 0.800 bits per heavy atom. The van der Waals surface area contributed by atoms with Gasteiger partial charge >= 0.3 is 18.2 Å². The minimum absolute atomic E-state index is 0.00386. The van der Waals surface area contributed by atoms with Gasteiger partial charge in [0.05, 0.1) is 12.5 Å². The summed E-state index contributed by atoms with van der Waals surface area (Å²) in [7, 11) is 0. The fraction of sp³-hybridized carbons (Fsp3) is 0.511. The van der Waals surface area contributed by atoms with Crippen LogP contribution in [0.5, 0.6) is 5.75 Å². The van der Waals surface area contributed by atoms with Gasteiger partial charge in [0.1, 0.15) is 35.6 Å². The molecule has 3 aromatic rings. The summed E-state index contributed by atoms with van der Waals surface area (Å²) in [4.78, 5) is 68.3. The zero-order valence-corrected chi connectivity index (χ0v) is 36.1. The third kappa shape index (κ3) is 14.3. The summed E-state index contributed by atoms with van der Waals surface area (Å²) in [6.07, 6.45) is 2.71. The molecule has 2 aliphatic rings. The fourth-order valence-corrected chi connectivity index (χ4v) is 7.59. The van der Waals surface area contributed by atoms with E-state index >= 15 is 0 Å². The summed E-state index contributed by atoms with van der Waals surface area (Å²) >= 11 is 0. The summed E-state index contributed by atoms with van der Waals surface area (Å²) in [5.41, 5.74) is 2.17. The number of esters is 1. The summed E-state index contributed by atoms with van der Waals surface area (Å²) in [6, 6.07) is 22.0. The molecule has 13 nitrogen and oxygen atoms in total. The number of likely N-dealkylation sites (tertiary alicyclic amines) is 1. The number of hydrogen-bond donors (Lipinski definition) is 3. The van der Waals surface area contributed by atoms with E-state index < -0.39 is 53.6 Å². The number of nitrogens with one attached hydrogen (secondary N) is 3. The number of amides is 4. The molecule has 4 amide bonds. The van der Waals surface area contributed by atoms with Gasteiger partial charge in [0, 0.05) is 19.6 Å². The Bertz CT molecular complexity index is 1940. The van der Waals surface area contributed by atoms with Gasteiger partial charge in [-0.05, 0) is 127 Å². The van der Waals surface area contributed by atoms with Crippen molar-refractivity contribution in [2.24, 2.45) is 5.41 Å². The summed E-state index contributed by atoms with van der Waals surface area (Å²) in [6.45, 7) is 14.2. The van der Waals surface area contributed by atoms with E-state index in [2.05, 4.69) is 16.0 Å². The van der Waals surface area contributed by atoms with Crippen LogP contribution in [0.2, 0.25) is 0 Å². The lowest BCUT2D eigenvalue weighted by Gasteiger charge is -2.52. The van der Waals surface area contributed by atoms with Gasteiger partial charge in [-0.1, -0.05) is 66.7 Å². The average molecular weight is 827 g/mol. The molecule has 1 saturated heterocycles. The maximum Gasteiger partial charge on any atom is 0.410 e. The molecular formula is C47H62N4O9. The molecular weight excluding hydrogens is 765 g/mol. The predicted octanol–water partition coefficient (Wildman–Crippen LogP) is 7.31. The molecule has 1 aliphatic carbocycles. The largest absolute Gasteiger partial charge is 0.490 e. The molecule has 2 atom stereocenters. The van der Waals surface area contributed by atoms with Gasteiger partial charge in [-0.3, -0.25) is 14.4 Å². The van der Waals surface area contributed by atoms with Crippen molar-refractivity contribution in [3.63, 3.8) is 0 Å². The maximum absolute atomic E-state index is 13.9. The first kappa shape index (κ1) is 45.5. The van der Waals surface area contributed by atoms with Gasteiger partial charge < -0.3 is 39.8 Å². The van der Waals surface area contributed by atoms with Crippen molar-refractivity contribution >= 4 is 30.0 Å². The second kappa shape index (κ2) is 20.1. The molecule has 1 saturated carbocycles. The standard InChI is InChI=1S/C47H62N4O9/c1-32-19-21-36(58-37-27-47(28-37)23-14-24-51(31-47)44(56)60-46(5,6)7)25-35(32)29-48-41(53)38(22-20-33-15-10-8-11-16-33)49-42(54)39(26-40(52)59-45(2,3)4)50-43(55)57-30-34-17-12-9-13-18-34/h8-13,15-19,21,25,37-39H,14,20,22-24,26-31H2,1-7H3,(H,48,53)(H,49,54)(H,50,55)/t37?,38?,39-,47?/m0/s1. The van der Waals surface area contributed by atoms with E-state index in [0.29, 0.717) is 25.3 Å². The van der Waals surface area contributed by atoms with Crippen LogP contribution in [-0.4, -0.2) is 77.3 Å². The van der Waals surface area contributed by atoms with E-state index in [0.717, 1.165) is 47.9 Å². The molecule has 13 heteroatoms. The van der Waals surface area contributed by atoms with Crippen LogP contribution < -0.4 is 20.7 Å². The Labute approximate surface area is 354 Å². The van der Waals surface area contributed by atoms with Gasteiger partial charge in [0.2, 0.25) is 11.8 Å². The van der Waals surface area contributed by atoms with Crippen LogP contribution >= 0.6 is 0 Å². The zero-order chi connectivity index (χ0) is 43.5. The van der Waals surface area contributed by atoms with E-state index in [9.17, 15) is 24.0 Å². The highest BCUT2D eigenvalue weighted by molar-refractivity contribution is 5.93. The first-order chi connectivity index (χ1) is 28.3. The molecule has 0 aromatic heterocycles. The number of hydrogen-bond acceptors (Lipinski definition) is 9. The van der Waals surface area contributed by atoms with E-state index in [-0.39, 0.29) is 37.2 Å². The van der Waals surface area contributed by atoms with Crippen LogP contribution in [0.25, 0.3) is 0 Å². The smallest absolute Gasteiger partial charge is 0.410 e. The highest BCUT2D eigenvalue weighted by Gasteiger charge is 2.49. The molecule has 0 bridgehead atoms. The van der Waals surface area contributed by atoms with Gasteiger partial charge in [0.25, 0.3) is 0 Å². The third-order valence-corrected chi connectivity index (χ3v) is 10.5. The number of carbonyl (C=O) groups is 5. The molecule has 3 N–H and O–H groups in total. The van der Waals surface area contributed by atoms with Crippen molar-refractivity contribution in [1.82, 2.24) is 20.9 Å². The Kier molecular flexibility index (Phi) is 15.2. The number of alkyl carbamates (subject to hydrolysis) is 1. The van der Waals surface area contributed by atoms with Crippen molar-refractivity contribution in [3.8, 4) is 5.75 Å². The highest BCUT2D eigenvalue weighted by atomic mass is 16.6. The molecule has 1 aliphatic heterocycles. The molecule has 1 unspecified atom stereocenters. The Balaban J connectivity index is 1.22. The summed E-state index contributed by atoms with van der Waals surface area (Å²) in [5.74, 6) is -1.18. The molecule has 3 aromatic carbocycles. The van der Waals surface area contributed by atoms with Crippen LogP contribution in [0.1, 0.15) is 102 Å². The fourth-order valence-electron chi connectivity index (χ4n) is 7.59. The number of rotatable bonds is 15. The monoisotopic (exact) mass is 826 g/mol. The van der Waals surface area contributed by atoms with E-state index in [1.54, 1.807) is 32.9 Å². The van der Waals surface area contributed by atoms with Crippen LogP contribution in [0.4, 0.5) is 9.59 Å². The van der Waals surface area contributed by atoms with Crippen LogP contribution in [0.3, 0.4) is 0 Å². The van der Waals surface area contributed by atoms with Gasteiger partial charge in [-0.25, -0.2) is 9.59 Å². The van der Waals surface area contributed by atoms with Crippen molar-refractivity contribution in [1.29, 1.82) is 0 Å².